The van der Waals surface area contributed by atoms with Crippen LogP contribution in [0.2, 0.25) is 0 Å². The lowest BCUT2D eigenvalue weighted by molar-refractivity contribution is 0.109. The Labute approximate surface area is 115 Å². The van der Waals surface area contributed by atoms with Crippen LogP contribution in [0, 0.1) is 23.7 Å². The minimum Gasteiger partial charge on any atom is -0.314 e. The van der Waals surface area contributed by atoms with E-state index in [1.807, 2.05) is 0 Å². The molecule has 1 heteroatoms. The molecule has 0 saturated heterocycles. The van der Waals surface area contributed by atoms with E-state index >= 15 is 0 Å². The Morgan fingerprint density at radius 2 is 1.72 bits per heavy atom. The van der Waals surface area contributed by atoms with Gasteiger partial charge in [0.1, 0.15) is 0 Å². The summed E-state index contributed by atoms with van der Waals surface area (Å²) in [7, 11) is 0. The summed E-state index contributed by atoms with van der Waals surface area (Å²) in [6, 6.07) is 0.635. The SMILES string of the molecule is CCC1CCC(CNC(C)C)C(C(CC)CC)C1. The Morgan fingerprint density at radius 1 is 1.06 bits per heavy atom. The maximum atomic E-state index is 3.68. The first-order valence-corrected chi connectivity index (χ1v) is 8.35. The van der Waals surface area contributed by atoms with Crippen LogP contribution >= 0.6 is 0 Å². The third-order valence-electron chi connectivity index (χ3n) is 5.18. The molecular weight excluding hydrogens is 218 g/mol. The molecule has 3 atom stereocenters. The lowest BCUT2D eigenvalue weighted by Gasteiger charge is -2.40. The molecular formula is C17H35N. The summed E-state index contributed by atoms with van der Waals surface area (Å²) in [5.41, 5.74) is 0. The second kappa shape index (κ2) is 8.19. The fourth-order valence-electron chi connectivity index (χ4n) is 3.84. The summed E-state index contributed by atoms with van der Waals surface area (Å²) in [4.78, 5) is 0. The molecule has 0 aromatic rings. The Kier molecular flexibility index (Phi) is 7.29. The first-order valence-electron chi connectivity index (χ1n) is 8.35. The van der Waals surface area contributed by atoms with E-state index in [1.54, 1.807) is 0 Å². The highest BCUT2D eigenvalue weighted by Gasteiger charge is 2.33. The van der Waals surface area contributed by atoms with Crippen molar-refractivity contribution in [2.24, 2.45) is 23.7 Å². The Balaban J connectivity index is 2.61. The summed E-state index contributed by atoms with van der Waals surface area (Å²) in [5, 5.41) is 3.68. The standard InChI is InChI=1S/C17H35N/c1-6-14-9-10-16(12-18-13(4)5)17(11-14)15(7-2)8-3/h13-18H,6-12H2,1-5H3. The van der Waals surface area contributed by atoms with Crippen molar-refractivity contribution in [1.82, 2.24) is 5.32 Å². The van der Waals surface area contributed by atoms with E-state index in [0.717, 1.165) is 23.7 Å². The molecule has 3 unspecified atom stereocenters. The van der Waals surface area contributed by atoms with Crippen molar-refractivity contribution < 1.29 is 0 Å². The zero-order chi connectivity index (χ0) is 13.5. The van der Waals surface area contributed by atoms with Crippen molar-refractivity contribution in [3.63, 3.8) is 0 Å². The predicted octanol–water partition coefficient (Wildman–Crippen LogP) is 4.86. The molecule has 0 heterocycles. The van der Waals surface area contributed by atoms with E-state index < -0.39 is 0 Å². The second-order valence-corrected chi connectivity index (χ2v) is 6.65. The van der Waals surface area contributed by atoms with Crippen LogP contribution < -0.4 is 5.32 Å². The highest BCUT2D eigenvalue weighted by molar-refractivity contribution is 4.85. The minimum absolute atomic E-state index is 0.635. The third-order valence-corrected chi connectivity index (χ3v) is 5.18. The van der Waals surface area contributed by atoms with Crippen LogP contribution in [0.25, 0.3) is 0 Å². The average Bonchev–Trinajstić information content (AvgIpc) is 2.38. The van der Waals surface area contributed by atoms with Crippen molar-refractivity contribution in [3.05, 3.63) is 0 Å². The van der Waals surface area contributed by atoms with Crippen molar-refractivity contribution in [2.45, 2.75) is 79.2 Å². The topological polar surface area (TPSA) is 12.0 Å². The van der Waals surface area contributed by atoms with Gasteiger partial charge in [0, 0.05) is 6.04 Å². The molecule has 0 aromatic heterocycles. The molecule has 1 fully saturated rings. The number of hydrogen-bond acceptors (Lipinski definition) is 1. The molecule has 1 nitrogen and oxygen atoms in total. The summed E-state index contributed by atoms with van der Waals surface area (Å²) in [6.45, 7) is 12.9. The van der Waals surface area contributed by atoms with Crippen LogP contribution in [0.15, 0.2) is 0 Å². The molecule has 0 spiro atoms. The molecule has 0 bridgehead atoms. The molecule has 0 radical (unpaired) electrons. The molecule has 0 aromatic carbocycles. The van der Waals surface area contributed by atoms with Crippen molar-refractivity contribution in [2.75, 3.05) is 6.54 Å². The normalized spacial score (nSPS) is 29.2. The lowest BCUT2D eigenvalue weighted by atomic mass is 9.66. The highest BCUT2D eigenvalue weighted by Crippen LogP contribution is 2.41. The summed E-state index contributed by atoms with van der Waals surface area (Å²) in [6.07, 6.45) is 8.55. The first-order chi connectivity index (χ1) is 8.62. The third kappa shape index (κ3) is 4.57. The van der Waals surface area contributed by atoms with E-state index in [4.69, 9.17) is 0 Å². The average molecular weight is 253 g/mol. The van der Waals surface area contributed by atoms with Gasteiger partial charge in [-0.05, 0) is 43.1 Å². The van der Waals surface area contributed by atoms with Crippen molar-refractivity contribution in [1.29, 1.82) is 0 Å². The molecule has 1 aliphatic carbocycles. The van der Waals surface area contributed by atoms with E-state index in [0.29, 0.717) is 6.04 Å². The Morgan fingerprint density at radius 3 is 2.22 bits per heavy atom. The zero-order valence-corrected chi connectivity index (χ0v) is 13.3. The molecule has 1 saturated carbocycles. The van der Waals surface area contributed by atoms with Crippen LogP contribution in [0.4, 0.5) is 0 Å². The molecule has 0 amide bonds. The number of rotatable bonds is 7. The van der Waals surface area contributed by atoms with Gasteiger partial charge in [-0.3, -0.25) is 0 Å². The summed E-state index contributed by atoms with van der Waals surface area (Å²) >= 11 is 0. The van der Waals surface area contributed by atoms with Crippen LogP contribution in [0.1, 0.15) is 73.1 Å². The first kappa shape index (κ1) is 16.0. The van der Waals surface area contributed by atoms with Gasteiger partial charge < -0.3 is 5.32 Å². The summed E-state index contributed by atoms with van der Waals surface area (Å²) in [5.74, 6) is 3.87. The number of hydrogen-bond donors (Lipinski definition) is 1. The smallest absolute Gasteiger partial charge is 0.00104 e. The van der Waals surface area contributed by atoms with Crippen LogP contribution in [-0.4, -0.2) is 12.6 Å². The highest BCUT2D eigenvalue weighted by atomic mass is 14.9. The van der Waals surface area contributed by atoms with Crippen LogP contribution in [-0.2, 0) is 0 Å². The van der Waals surface area contributed by atoms with Gasteiger partial charge in [-0.15, -0.1) is 0 Å². The van der Waals surface area contributed by atoms with E-state index in [9.17, 15) is 0 Å². The molecule has 18 heavy (non-hydrogen) atoms. The fraction of sp³-hybridized carbons (Fsp3) is 1.00. The predicted molar refractivity (Wildman–Crippen MR) is 81.8 cm³/mol. The van der Waals surface area contributed by atoms with Gasteiger partial charge >= 0.3 is 0 Å². The van der Waals surface area contributed by atoms with Gasteiger partial charge in [-0.2, -0.15) is 0 Å². The van der Waals surface area contributed by atoms with Gasteiger partial charge in [-0.25, -0.2) is 0 Å². The lowest BCUT2D eigenvalue weighted by Crippen LogP contribution is -2.38. The Bertz CT molecular complexity index is 208. The van der Waals surface area contributed by atoms with E-state index in [-0.39, 0.29) is 0 Å². The maximum absolute atomic E-state index is 3.68. The fourth-order valence-corrected chi connectivity index (χ4v) is 3.84. The number of nitrogens with one attached hydrogen (secondary N) is 1. The largest absolute Gasteiger partial charge is 0.314 e. The molecule has 1 N–H and O–H groups in total. The maximum Gasteiger partial charge on any atom is 0.00104 e. The van der Waals surface area contributed by atoms with Gasteiger partial charge in [-0.1, -0.05) is 60.3 Å². The molecule has 0 aliphatic heterocycles. The van der Waals surface area contributed by atoms with Gasteiger partial charge in [0.05, 0.1) is 0 Å². The van der Waals surface area contributed by atoms with Crippen LogP contribution in [0.3, 0.4) is 0 Å². The van der Waals surface area contributed by atoms with E-state index in [2.05, 4.69) is 39.9 Å². The molecule has 108 valence electrons. The molecule has 1 rings (SSSR count). The van der Waals surface area contributed by atoms with Gasteiger partial charge in [0.25, 0.3) is 0 Å². The van der Waals surface area contributed by atoms with E-state index in [1.165, 1.54) is 45.1 Å². The van der Waals surface area contributed by atoms with Crippen LogP contribution in [0.5, 0.6) is 0 Å². The van der Waals surface area contributed by atoms with Gasteiger partial charge in [0.2, 0.25) is 0 Å². The summed E-state index contributed by atoms with van der Waals surface area (Å²) < 4.78 is 0. The quantitative estimate of drug-likeness (QED) is 0.683. The second-order valence-electron chi connectivity index (χ2n) is 6.65. The monoisotopic (exact) mass is 253 g/mol. The zero-order valence-electron chi connectivity index (χ0n) is 13.3. The Hall–Kier alpha value is -0.0400. The molecule has 1 aliphatic rings. The minimum atomic E-state index is 0.635. The van der Waals surface area contributed by atoms with Crippen molar-refractivity contribution in [3.8, 4) is 0 Å². The van der Waals surface area contributed by atoms with Gasteiger partial charge in [0.15, 0.2) is 0 Å². The van der Waals surface area contributed by atoms with Crippen molar-refractivity contribution >= 4 is 0 Å².